The largest absolute Gasteiger partial charge is 0.370 e. The molecule has 9 heteroatoms. The van der Waals surface area contributed by atoms with Crippen LogP contribution in [0.15, 0.2) is 24.3 Å². The summed E-state index contributed by atoms with van der Waals surface area (Å²) in [6.07, 6.45) is -0.553. The Morgan fingerprint density at radius 2 is 1.59 bits per heavy atom. The highest BCUT2D eigenvalue weighted by molar-refractivity contribution is 8.09. The molecule has 1 aromatic carbocycles. The van der Waals surface area contributed by atoms with Gasteiger partial charge < -0.3 is 5.73 Å². The number of rotatable bonds is 4. The fourth-order valence-electron chi connectivity index (χ4n) is 2.59. The molecule has 1 heterocycles. The number of amides is 1. The van der Waals surface area contributed by atoms with Gasteiger partial charge in [-0.2, -0.15) is 0 Å². The number of benzene rings is 1. The molecular formula is C13H16ClNO5S2. The fraction of sp³-hybridized carbons (Fsp3) is 0.462. The van der Waals surface area contributed by atoms with Gasteiger partial charge in [-0.05, 0) is 24.1 Å². The van der Waals surface area contributed by atoms with Crippen molar-refractivity contribution < 1.29 is 21.6 Å². The lowest BCUT2D eigenvalue weighted by Crippen LogP contribution is -2.43. The molecule has 1 aromatic rings. The first kappa shape index (κ1) is 17.2. The van der Waals surface area contributed by atoms with Crippen molar-refractivity contribution in [1.29, 1.82) is 0 Å². The van der Waals surface area contributed by atoms with Gasteiger partial charge in [0.05, 0.1) is 11.5 Å². The average Bonchev–Trinajstić information content (AvgIpc) is 2.36. The third-order valence-electron chi connectivity index (χ3n) is 3.64. The maximum Gasteiger partial charge on any atom is 0.217 e. The van der Waals surface area contributed by atoms with Gasteiger partial charge in [-0.25, -0.2) is 16.8 Å². The maximum absolute atomic E-state index is 12.3. The third kappa shape index (κ3) is 3.80. The van der Waals surface area contributed by atoms with Gasteiger partial charge in [0.25, 0.3) is 0 Å². The van der Waals surface area contributed by atoms with Crippen LogP contribution in [0.2, 0.25) is 5.02 Å². The Labute approximate surface area is 134 Å². The molecule has 122 valence electrons. The summed E-state index contributed by atoms with van der Waals surface area (Å²) in [4.78, 5) is 10.8. The number of sulfone groups is 2. The predicted molar refractivity (Wildman–Crippen MR) is 84.0 cm³/mol. The van der Waals surface area contributed by atoms with Crippen molar-refractivity contribution in [3.63, 3.8) is 0 Å². The number of nitrogens with two attached hydrogens (primary N) is 1. The molecule has 0 radical (unpaired) electrons. The smallest absolute Gasteiger partial charge is 0.217 e. The van der Waals surface area contributed by atoms with E-state index in [0.717, 1.165) is 0 Å². The Balaban J connectivity index is 2.30. The van der Waals surface area contributed by atoms with Gasteiger partial charge in [0.2, 0.25) is 5.91 Å². The first-order valence-electron chi connectivity index (χ1n) is 6.59. The summed E-state index contributed by atoms with van der Waals surface area (Å²) < 4.78 is 47.7. The summed E-state index contributed by atoms with van der Waals surface area (Å²) in [5.41, 5.74) is 5.59. The Morgan fingerprint density at radius 1 is 1.09 bits per heavy atom. The number of carbonyl (C=O) groups excluding carboxylic acids is 1. The predicted octanol–water partition coefficient (Wildman–Crippen LogP) is 0.858. The molecule has 0 saturated carbocycles. The van der Waals surface area contributed by atoms with E-state index < -0.39 is 36.1 Å². The molecule has 2 rings (SSSR count). The molecule has 1 aliphatic rings. The Kier molecular flexibility index (Phi) is 4.84. The first-order chi connectivity index (χ1) is 10.1. The molecule has 0 spiro atoms. The van der Waals surface area contributed by atoms with E-state index in [9.17, 15) is 21.6 Å². The molecule has 22 heavy (non-hydrogen) atoms. The van der Waals surface area contributed by atoms with Crippen molar-refractivity contribution in [2.75, 3.05) is 11.5 Å². The van der Waals surface area contributed by atoms with E-state index in [2.05, 4.69) is 0 Å². The highest BCUT2D eigenvalue weighted by Crippen LogP contribution is 2.32. The summed E-state index contributed by atoms with van der Waals surface area (Å²) in [6, 6.07) is 6.44. The number of primary amides is 1. The monoisotopic (exact) mass is 365 g/mol. The van der Waals surface area contributed by atoms with Crippen molar-refractivity contribution in [3.8, 4) is 0 Å². The van der Waals surface area contributed by atoms with Crippen molar-refractivity contribution in [2.45, 2.75) is 23.3 Å². The van der Waals surface area contributed by atoms with Crippen LogP contribution in [0.25, 0.3) is 0 Å². The standard InChI is InChI=1S/C13H16ClNO5S2/c14-11-3-1-9(2-4-11)10-7-21(17,18)13(6-5-12(15)16)22(19,20)8-10/h1-4,10,13H,5-8H2,(H2,15,16). The molecule has 0 bridgehead atoms. The molecule has 2 N–H and O–H groups in total. The van der Waals surface area contributed by atoms with E-state index in [4.69, 9.17) is 17.3 Å². The van der Waals surface area contributed by atoms with Crippen LogP contribution in [0.4, 0.5) is 0 Å². The lowest BCUT2D eigenvalue weighted by atomic mass is 10.0. The zero-order valence-corrected chi connectivity index (χ0v) is 14.0. The molecule has 0 atom stereocenters. The van der Waals surface area contributed by atoms with Crippen molar-refractivity contribution in [2.24, 2.45) is 5.73 Å². The second-order valence-electron chi connectivity index (χ2n) is 5.34. The van der Waals surface area contributed by atoms with Gasteiger partial charge in [-0.3, -0.25) is 4.79 Å². The molecule has 6 nitrogen and oxygen atoms in total. The van der Waals surface area contributed by atoms with Crippen LogP contribution in [-0.4, -0.2) is 38.8 Å². The number of hydrogen-bond donors (Lipinski definition) is 1. The van der Waals surface area contributed by atoms with Gasteiger partial charge in [0.1, 0.15) is 0 Å². The molecule has 0 unspecified atom stereocenters. The van der Waals surface area contributed by atoms with Crippen LogP contribution in [0.1, 0.15) is 24.3 Å². The second kappa shape index (κ2) is 6.17. The third-order valence-corrected chi connectivity index (χ3v) is 9.45. The van der Waals surface area contributed by atoms with Crippen molar-refractivity contribution >= 4 is 37.2 Å². The Morgan fingerprint density at radius 3 is 2.05 bits per heavy atom. The summed E-state index contributed by atoms with van der Waals surface area (Å²) >= 11 is 5.78. The number of halogens is 1. The molecule has 0 aromatic heterocycles. The first-order valence-corrected chi connectivity index (χ1v) is 10.4. The van der Waals surface area contributed by atoms with Gasteiger partial charge in [0.15, 0.2) is 24.3 Å². The molecule has 1 amide bonds. The molecule has 0 aliphatic carbocycles. The van der Waals surface area contributed by atoms with Crippen molar-refractivity contribution in [3.05, 3.63) is 34.9 Å². The number of carbonyl (C=O) groups is 1. The van der Waals surface area contributed by atoms with Gasteiger partial charge >= 0.3 is 0 Å². The minimum absolute atomic E-state index is 0.267. The Hall–Kier alpha value is -1.12. The normalized spacial score (nSPS) is 26.4. The van der Waals surface area contributed by atoms with E-state index in [-0.39, 0.29) is 24.3 Å². The van der Waals surface area contributed by atoms with Crippen molar-refractivity contribution in [1.82, 2.24) is 0 Å². The summed E-state index contributed by atoms with van der Waals surface area (Å²) in [5.74, 6) is -1.88. The van der Waals surface area contributed by atoms with Crippen LogP contribution in [0, 0.1) is 0 Å². The minimum atomic E-state index is -3.86. The van der Waals surface area contributed by atoms with Crippen LogP contribution < -0.4 is 5.73 Å². The van der Waals surface area contributed by atoms with E-state index >= 15 is 0 Å². The second-order valence-corrected chi connectivity index (χ2v) is 10.5. The highest BCUT2D eigenvalue weighted by atomic mass is 35.5. The van der Waals surface area contributed by atoms with E-state index in [1.165, 1.54) is 0 Å². The summed E-state index contributed by atoms with van der Waals surface area (Å²) in [6.45, 7) is 0. The molecule has 1 saturated heterocycles. The SMILES string of the molecule is NC(=O)CCC1S(=O)(=O)CC(c2ccc(Cl)cc2)CS1(=O)=O. The zero-order chi connectivity index (χ0) is 16.5. The van der Waals surface area contributed by atoms with E-state index in [0.29, 0.717) is 10.6 Å². The van der Waals surface area contributed by atoms with Gasteiger partial charge in [-0.1, -0.05) is 23.7 Å². The van der Waals surface area contributed by atoms with E-state index in [1.807, 2.05) is 0 Å². The molecular weight excluding hydrogens is 350 g/mol. The quantitative estimate of drug-likeness (QED) is 0.850. The lowest BCUT2D eigenvalue weighted by molar-refractivity contribution is -0.118. The summed E-state index contributed by atoms with van der Waals surface area (Å²) in [5, 5.41) is 0.490. The molecule has 1 fully saturated rings. The number of hydrogen-bond acceptors (Lipinski definition) is 5. The van der Waals surface area contributed by atoms with Crippen LogP contribution in [0.3, 0.4) is 0 Å². The topological polar surface area (TPSA) is 111 Å². The van der Waals surface area contributed by atoms with Crippen LogP contribution >= 0.6 is 11.6 Å². The zero-order valence-electron chi connectivity index (χ0n) is 11.6. The van der Waals surface area contributed by atoms with Crippen LogP contribution in [0.5, 0.6) is 0 Å². The molecule has 1 aliphatic heterocycles. The van der Waals surface area contributed by atoms with Gasteiger partial charge in [-0.15, -0.1) is 0 Å². The maximum atomic E-state index is 12.3. The van der Waals surface area contributed by atoms with E-state index in [1.54, 1.807) is 24.3 Å². The summed E-state index contributed by atoms with van der Waals surface area (Å²) in [7, 11) is -7.73. The fourth-order valence-corrected chi connectivity index (χ4v) is 8.25. The lowest BCUT2D eigenvalue weighted by Gasteiger charge is -2.28. The highest BCUT2D eigenvalue weighted by Gasteiger charge is 2.45. The average molecular weight is 366 g/mol. The van der Waals surface area contributed by atoms with Gasteiger partial charge in [0, 0.05) is 17.4 Å². The minimum Gasteiger partial charge on any atom is -0.370 e. The Bertz CT molecular complexity index is 735. The van der Waals surface area contributed by atoms with Crippen LogP contribution in [-0.2, 0) is 24.5 Å².